The highest BCUT2D eigenvalue weighted by Crippen LogP contribution is 2.43. The maximum Gasteiger partial charge on any atom is 0.305 e. The summed E-state index contributed by atoms with van der Waals surface area (Å²) in [4.78, 5) is 12.2. The third kappa shape index (κ3) is 11.1. The largest absolute Gasteiger partial charge is 0.469 e. The number of rotatable bonds is 14. The molecule has 1 aliphatic carbocycles. The molecule has 5 nitrogen and oxygen atoms in total. The van der Waals surface area contributed by atoms with E-state index >= 15 is 0 Å². The van der Waals surface area contributed by atoms with E-state index < -0.39 is 16.6 Å². The van der Waals surface area contributed by atoms with E-state index in [1.54, 1.807) is 7.11 Å². The normalized spacial score (nSPS) is 25.4. The SMILES string of the molecule is COCCCCCCC[C@H]1[C@@H](CC(=O)OC)[C@H](O[Si](C)(C)C)C[C@@H]1O[Si](C)(C)C. The van der Waals surface area contributed by atoms with Gasteiger partial charge in [-0.1, -0.05) is 25.7 Å². The van der Waals surface area contributed by atoms with Gasteiger partial charge in [0.15, 0.2) is 16.6 Å². The number of hydrogen-bond acceptors (Lipinski definition) is 5. The Morgan fingerprint density at radius 1 is 0.793 bits per heavy atom. The third-order valence-electron chi connectivity index (χ3n) is 5.50. The Kier molecular flexibility index (Phi) is 11.6. The number of ether oxygens (including phenoxy) is 2. The van der Waals surface area contributed by atoms with E-state index in [0.717, 1.165) is 25.9 Å². The summed E-state index contributed by atoms with van der Waals surface area (Å²) in [7, 11) is -0.136. The van der Waals surface area contributed by atoms with Crippen molar-refractivity contribution in [3.63, 3.8) is 0 Å². The summed E-state index contributed by atoms with van der Waals surface area (Å²) in [6.07, 6.45) is 8.77. The van der Waals surface area contributed by atoms with Crippen molar-refractivity contribution in [1.29, 1.82) is 0 Å². The van der Waals surface area contributed by atoms with Gasteiger partial charge in [0.1, 0.15) is 0 Å². The Hall–Kier alpha value is -0.216. The number of carbonyl (C=O) groups excluding carboxylic acids is 1. The van der Waals surface area contributed by atoms with E-state index in [2.05, 4.69) is 39.3 Å². The fourth-order valence-electron chi connectivity index (χ4n) is 4.42. The van der Waals surface area contributed by atoms with Crippen LogP contribution in [0.15, 0.2) is 0 Å². The first-order chi connectivity index (χ1) is 13.5. The summed E-state index contributed by atoms with van der Waals surface area (Å²) >= 11 is 0. The number of esters is 1. The average molecular weight is 447 g/mol. The highest BCUT2D eigenvalue weighted by molar-refractivity contribution is 6.70. The predicted molar refractivity (Wildman–Crippen MR) is 124 cm³/mol. The zero-order valence-corrected chi connectivity index (χ0v) is 22.2. The number of hydrogen-bond donors (Lipinski definition) is 0. The van der Waals surface area contributed by atoms with E-state index in [1.807, 2.05) is 0 Å². The van der Waals surface area contributed by atoms with Crippen LogP contribution in [0.1, 0.15) is 51.4 Å². The van der Waals surface area contributed by atoms with Crippen LogP contribution in [0.25, 0.3) is 0 Å². The smallest absolute Gasteiger partial charge is 0.305 e. The molecule has 4 atom stereocenters. The maximum absolute atomic E-state index is 12.2. The van der Waals surface area contributed by atoms with Crippen LogP contribution in [0, 0.1) is 11.8 Å². The van der Waals surface area contributed by atoms with Crippen LogP contribution >= 0.6 is 0 Å². The molecular formula is C22H46O5Si2. The molecule has 0 N–H and O–H groups in total. The lowest BCUT2D eigenvalue weighted by atomic mass is 9.86. The zero-order valence-electron chi connectivity index (χ0n) is 20.2. The molecule has 0 aliphatic heterocycles. The van der Waals surface area contributed by atoms with Gasteiger partial charge in [-0.25, -0.2) is 0 Å². The van der Waals surface area contributed by atoms with Crippen LogP contribution in [0.2, 0.25) is 39.3 Å². The van der Waals surface area contributed by atoms with Crippen molar-refractivity contribution in [3.05, 3.63) is 0 Å². The second kappa shape index (κ2) is 12.6. The molecule has 29 heavy (non-hydrogen) atoms. The molecule has 1 aliphatic rings. The molecule has 1 saturated carbocycles. The molecule has 0 amide bonds. The first kappa shape index (κ1) is 26.8. The van der Waals surface area contributed by atoms with E-state index in [9.17, 15) is 4.79 Å². The van der Waals surface area contributed by atoms with Crippen molar-refractivity contribution in [3.8, 4) is 0 Å². The number of carbonyl (C=O) groups is 1. The Labute approximate surface area is 181 Å². The molecule has 0 aromatic carbocycles. The predicted octanol–water partition coefficient (Wildman–Crippen LogP) is 5.61. The summed E-state index contributed by atoms with van der Waals surface area (Å²) in [5.74, 6) is 0.447. The molecule has 0 spiro atoms. The van der Waals surface area contributed by atoms with Gasteiger partial charge in [-0.05, 0) is 70.4 Å². The lowest BCUT2D eigenvalue weighted by molar-refractivity contribution is -0.143. The summed E-state index contributed by atoms with van der Waals surface area (Å²) in [6, 6.07) is 0. The van der Waals surface area contributed by atoms with Gasteiger partial charge < -0.3 is 18.3 Å². The lowest BCUT2D eigenvalue weighted by Crippen LogP contribution is -2.36. The van der Waals surface area contributed by atoms with Crippen LogP contribution < -0.4 is 0 Å². The van der Waals surface area contributed by atoms with Gasteiger partial charge in [0.2, 0.25) is 0 Å². The fraction of sp³-hybridized carbons (Fsp3) is 0.955. The lowest BCUT2D eigenvalue weighted by Gasteiger charge is -2.31. The maximum atomic E-state index is 12.2. The minimum atomic E-state index is -1.71. The number of methoxy groups -OCH3 is 2. The van der Waals surface area contributed by atoms with Crippen molar-refractivity contribution in [2.45, 2.75) is 103 Å². The summed E-state index contributed by atoms with van der Waals surface area (Å²) in [5, 5.41) is 0. The van der Waals surface area contributed by atoms with E-state index in [-0.39, 0.29) is 24.1 Å². The molecule has 0 saturated heterocycles. The van der Waals surface area contributed by atoms with Crippen LogP contribution in [0.4, 0.5) is 0 Å². The topological polar surface area (TPSA) is 54.0 Å². The molecule has 0 bridgehead atoms. The van der Waals surface area contributed by atoms with Gasteiger partial charge in [0, 0.05) is 13.7 Å². The van der Waals surface area contributed by atoms with Gasteiger partial charge in [-0.15, -0.1) is 0 Å². The molecule has 172 valence electrons. The van der Waals surface area contributed by atoms with Crippen molar-refractivity contribution in [1.82, 2.24) is 0 Å². The molecule has 0 aromatic rings. The average Bonchev–Trinajstić information content (AvgIpc) is 2.86. The molecule has 1 rings (SSSR count). The van der Waals surface area contributed by atoms with Crippen molar-refractivity contribution in [2.24, 2.45) is 11.8 Å². The van der Waals surface area contributed by atoms with E-state index in [0.29, 0.717) is 12.3 Å². The molecule has 0 unspecified atom stereocenters. The third-order valence-corrected chi connectivity index (χ3v) is 7.52. The zero-order chi connectivity index (χ0) is 22.1. The Balaban J connectivity index is 2.82. The summed E-state index contributed by atoms with van der Waals surface area (Å²) in [5.41, 5.74) is 0. The summed E-state index contributed by atoms with van der Waals surface area (Å²) in [6.45, 7) is 14.3. The van der Waals surface area contributed by atoms with Crippen LogP contribution in [-0.4, -0.2) is 55.6 Å². The van der Waals surface area contributed by atoms with Gasteiger partial charge in [0.05, 0.1) is 25.7 Å². The van der Waals surface area contributed by atoms with Crippen molar-refractivity contribution < 1.29 is 23.1 Å². The molecule has 1 fully saturated rings. The molecule has 0 heterocycles. The second-order valence-corrected chi connectivity index (χ2v) is 19.4. The Morgan fingerprint density at radius 3 is 1.83 bits per heavy atom. The monoisotopic (exact) mass is 446 g/mol. The molecular weight excluding hydrogens is 400 g/mol. The minimum absolute atomic E-state index is 0.105. The van der Waals surface area contributed by atoms with Crippen molar-refractivity contribution >= 4 is 22.6 Å². The molecule has 0 aromatic heterocycles. The number of unbranched alkanes of at least 4 members (excludes halogenated alkanes) is 4. The van der Waals surface area contributed by atoms with E-state index in [4.69, 9.17) is 18.3 Å². The quantitative estimate of drug-likeness (QED) is 0.197. The van der Waals surface area contributed by atoms with Gasteiger partial charge in [-0.2, -0.15) is 0 Å². The summed E-state index contributed by atoms with van der Waals surface area (Å²) < 4.78 is 23.3. The van der Waals surface area contributed by atoms with Gasteiger partial charge in [-0.3, -0.25) is 4.79 Å². The standard InChI is InChI=1S/C22H46O5Si2/c1-24-15-13-11-9-10-12-14-18-19(16-22(23)25-2)21(27-29(6,7)8)17-20(18)26-28(3,4)5/h18-21H,9-17H2,1-8H3/t18-,19+,20-,21+/m0/s1. The first-order valence-corrected chi connectivity index (χ1v) is 18.2. The Morgan fingerprint density at radius 2 is 1.31 bits per heavy atom. The molecule has 7 heteroatoms. The van der Waals surface area contributed by atoms with Crippen LogP contribution in [-0.2, 0) is 23.1 Å². The fourth-order valence-corrected chi connectivity index (χ4v) is 6.78. The minimum Gasteiger partial charge on any atom is -0.469 e. The second-order valence-electron chi connectivity index (χ2n) is 10.4. The van der Waals surface area contributed by atoms with Gasteiger partial charge >= 0.3 is 5.97 Å². The van der Waals surface area contributed by atoms with Gasteiger partial charge in [0.25, 0.3) is 0 Å². The molecule has 0 radical (unpaired) electrons. The van der Waals surface area contributed by atoms with Crippen LogP contribution in [0.3, 0.4) is 0 Å². The van der Waals surface area contributed by atoms with Crippen LogP contribution in [0.5, 0.6) is 0 Å². The van der Waals surface area contributed by atoms with Crippen molar-refractivity contribution in [2.75, 3.05) is 20.8 Å². The highest BCUT2D eigenvalue weighted by atomic mass is 28.4. The highest BCUT2D eigenvalue weighted by Gasteiger charge is 2.47. The van der Waals surface area contributed by atoms with E-state index in [1.165, 1.54) is 32.8 Å². The Bertz CT molecular complexity index is 473. The first-order valence-electron chi connectivity index (χ1n) is 11.4.